The Labute approximate surface area is 140 Å². The van der Waals surface area contributed by atoms with Crippen molar-refractivity contribution in [3.63, 3.8) is 0 Å². The van der Waals surface area contributed by atoms with Gasteiger partial charge in [0.05, 0.1) is 0 Å². The summed E-state index contributed by atoms with van der Waals surface area (Å²) >= 11 is 0. The molecule has 5 nitrogen and oxygen atoms in total. The van der Waals surface area contributed by atoms with Gasteiger partial charge in [-0.3, -0.25) is 9.59 Å². The van der Waals surface area contributed by atoms with E-state index in [4.69, 9.17) is 4.74 Å². The molecular formula is C19H18N2O3. The second-order valence-corrected chi connectivity index (χ2v) is 5.60. The molecule has 0 aromatic heterocycles. The van der Waals surface area contributed by atoms with E-state index in [2.05, 4.69) is 5.10 Å². The third-order valence-corrected chi connectivity index (χ3v) is 3.86. The number of hydrogen-bond acceptors (Lipinski definition) is 4. The predicted molar refractivity (Wildman–Crippen MR) is 90.2 cm³/mol. The highest BCUT2D eigenvalue weighted by Crippen LogP contribution is 2.35. The quantitative estimate of drug-likeness (QED) is 0.816. The second kappa shape index (κ2) is 6.66. The van der Waals surface area contributed by atoms with Gasteiger partial charge in [-0.25, -0.2) is 5.01 Å². The molecule has 0 aliphatic carbocycles. The summed E-state index contributed by atoms with van der Waals surface area (Å²) in [6.45, 7) is 2.82. The van der Waals surface area contributed by atoms with Crippen LogP contribution in [0.1, 0.15) is 31.0 Å². The van der Waals surface area contributed by atoms with Gasteiger partial charge in [-0.1, -0.05) is 60.7 Å². The molecular weight excluding hydrogens is 304 g/mol. The van der Waals surface area contributed by atoms with E-state index in [1.807, 2.05) is 60.7 Å². The van der Waals surface area contributed by atoms with Crippen LogP contribution in [0, 0.1) is 0 Å². The van der Waals surface area contributed by atoms with Crippen LogP contribution in [-0.2, 0) is 14.3 Å². The zero-order valence-electron chi connectivity index (χ0n) is 13.5. The number of benzene rings is 2. The zero-order valence-corrected chi connectivity index (χ0v) is 13.5. The summed E-state index contributed by atoms with van der Waals surface area (Å²) in [5.41, 5.74) is 2.27. The van der Waals surface area contributed by atoms with Crippen molar-refractivity contribution in [1.82, 2.24) is 5.01 Å². The normalized spacial score (nSPS) is 19.8. The average molecular weight is 322 g/mol. The summed E-state index contributed by atoms with van der Waals surface area (Å²) in [5, 5.41) is 5.87. The summed E-state index contributed by atoms with van der Waals surface area (Å²) in [7, 11) is 0. The fourth-order valence-corrected chi connectivity index (χ4v) is 2.88. The van der Waals surface area contributed by atoms with E-state index < -0.39 is 18.1 Å². The number of ether oxygens (including phenoxy) is 1. The van der Waals surface area contributed by atoms with Gasteiger partial charge in [-0.05, 0) is 5.56 Å². The zero-order chi connectivity index (χ0) is 17.1. The molecule has 3 rings (SSSR count). The molecule has 0 saturated heterocycles. The molecule has 0 spiro atoms. The van der Waals surface area contributed by atoms with E-state index in [9.17, 15) is 9.59 Å². The standard InChI is InChI=1S/C19H18N2O3/c1-13(22)21-18(16-11-7-4-8-12-16)19(24-14(2)23)17(20-21)15-9-5-3-6-10-15/h3-12,18-19H,1-2H3. The van der Waals surface area contributed by atoms with Crippen molar-refractivity contribution in [3.8, 4) is 0 Å². The van der Waals surface area contributed by atoms with Crippen molar-refractivity contribution in [2.45, 2.75) is 26.0 Å². The molecule has 0 N–H and O–H groups in total. The fourth-order valence-electron chi connectivity index (χ4n) is 2.88. The molecule has 0 radical (unpaired) electrons. The van der Waals surface area contributed by atoms with E-state index in [0.717, 1.165) is 11.1 Å². The Balaban J connectivity index is 2.09. The number of amides is 1. The minimum Gasteiger partial charge on any atom is -0.453 e. The molecule has 0 saturated carbocycles. The number of hydrazone groups is 1. The van der Waals surface area contributed by atoms with Crippen LogP contribution in [0.5, 0.6) is 0 Å². The average Bonchev–Trinajstić information content (AvgIpc) is 2.95. The van der Waals surface area contributed by atoms with Crippen molar-refractivity contribution in [2.75, 3.05) is 0 Å². The molecule has 0 bridgehead atoms. The minimum atomic E-state index is -0.642. The van der Waals surface area contributed by atoms with Crippen LogP contribution >= 0.6 is 0 Å². The lowest BCUT2D eigenvalue weighted by Gasteiger charge is -2.25. The van der Waals surface area contributed by atoms with E-state index in [1.165, 1.54) is 18.9 Å². The number of esters is 1. The lowest BCUT2D eigenvalue weighted by molar-refractivity contribution is -0.147. The van der Waals surface area contributed by atoms with Crippen LogP contribution < -0.4 is 0 Å². The largest absolute Gasteiger partial charge is 0.453 e. The molecule has 24 heavy (non-hydrogen) atoms. The van der Waals surface area contributed by atoms with Gasteiger partial charge in [0.25, 0.3) is 0 Å². The first-order chi connectivity index (χ1) is 11.6. The van der Waals surface area contributed by atoms with Gasteiger partial charge in [0.15, 0.2) is 6.10 Å². The van der Waals surface area contributed by atoms with E-state index in [0.29, 0.717) is 5.71 Å². The Bertz CT molecular complexity index is 772. The molecule has 1 heterocycles. The highest BCUT2D eigenvalue weighted by atomic mass is 16.5. The third-order valence-electron chi connectivity index (χ3n) is 3.86. The van der Waals surface area contributed by atoms with Crippen LogP contribution in [0.3, 0.4) is 0 Å². The molecule has 1 aliphatic heterocycles. The Morgan fingerprint density at radius 1 is 0.958 bits per heavy atom. The maximum atomic E-state index is 12.1. The van der Waals surface area contributed by atoms with Crippen molar-refractivity contribution in [1.29, 1.82) is 0 Å². The SMILES string of the molecule is CC(=O)OC1C(c2ccccc2)=NN(C(C)=O)C1c1ccccc1. The van der Waals surface area contributed by atoms with Crippen LogP contribution in [0.25, 0.3) is 0 Å². The molecule has 0 fully saturated rings. The monoisotopic (exact) mass is 322 g/mol. The minimum absolute atomic E-state index is 0.202. The predicted octanol–water partition coefficient (Wildman–Crippen LogP) is 2.93. The molecule has 2 unspecified atom stereocenters. The molecule has 2 aromatic carbocycles. The summed E-state index contributed by atoms with van der Waals surface area (Å²) in [6, 6.07) is 18.5. The van der Waals surface area contributed by atoms with E-state index in [-0.39, 0.29) is 5.91 Å². The number of hydrogen-bond donors (Lipinski definition) is 0. The van der Waals surface area contributed by atoms with Gasteiger partial charge in [0, 0.05) is 19.4 Å². The van der Waals surface area contributed by atoms with Gasteiger partial charge >= 0.3 is 5.97 Å². The molecule has 5 heteroatoms. The first kappa shape index (κ1) is 15.9. The first-order valence-corrected chi connectivity index (χ1v) is 7.74. The van der Waals surface area contributed by atoms with Crippen LogP contribution in [0.4, 0.5) is 0 Å². The maximum Gasteiger partial charge on any atom is 0.303 e. The van der Waals surface area contributed by atoms with Crippen molar-refractivity contribution in [2.24, 2.45) is 5.10 Å². The number of nitrogens with zero attached hydrogens (tertiary/aromatic N) is 2. The van der Waals surface area contributed by atoms with Gasteiger partial charge in [-0.2, -0.15) is 5.10 Å². The topological polar surface area (TPSA) is 59.0 Å². The molecule has 2 atom stereocenters. The van der Waals surface area contributed by atoms with E-state index >= 15 is 0 Å². The summed E-state index contributed by atoms with van der Waals surface area (Å²) in [6.07, 6.45) is -0.642. The van der Waals surface area contributed by atoms with Crippen molar-refractivity contribution >= 4 is 17.6 Å². The Kier molecular flexibility index (Phi) is 4.42. The smallest absolute Gasteiger partial charge is 0.303 e. The van der Waals surface area contributed by atoms with Gasteiger partial charge in [0.2, 0.25) is 5.91 Å². The first-order valence-electron chi connectivity index (χ1n) is 7.74. The molecule has 2 aromatic rings. The summed E-state index contributed by atoms with van der Waals surface area (Å²) in [5.74, 6) is -0.609. The summed E-state index contributed by atoms with van der Waals surface area (Å²) < 4.78 is 5.56. The van der Waals surface area contributed by atoms with Crippen LogP contribution in [0.15, 0.2) is 65.8 Å². The lowest BCUT2D eigenvalue weighted by Crippen LogP contribution is -2.35. The second-order valence-electron chi connectivity index (χ2n) is 5.60. The number of carbonyl (C=O) groups excluding carboxylic acids is 2. The Hall–Kier alpha value is -2.95. The van der Waals surface area contributed by atoms with Crippen molar-refractivity contribution in [3.05, 3.63) is 71.8 Å². The number of rotatable bonds is 3. The Morgan fingerprint density at radius 2 is 1.54 bits per heavy atom. The van der Waals surface area contributed by atoms with Gasteiger partial charge in [0.1, 0.15) is 11.8 Å². The fraction of sp³-hybridized carbons (Fsp3) is 0.211. The van der Waals surface area contributed by atoms with Crippen LogP contribution in [-0.4, -0.2) is 28.7 Å². The van der Waals surface area contributed by atoms with Gasteiger partial charge < -0.3 is 4.74 Å². The Morgan fingerprint density at radius 3 is 2.08 bits per heavy atom. The third kappa shape index (κ3) is 3.06. The highest BCUT2D eigenvalue weighted by Gasteiger charge is 2.43. The van der Waals surface area contributed by atoms with Crippen LogP contribution in [0.2, 0.25) is 0 Å². The highest BCUT2D eigenvalue weighted by molar-refractivity contribution is 6.07. The summed E-state index contributed by atoms with van der Waals surface area (Å²) in [4.78, 5) is 23.8. The molecule has 122 valence electrons. The molecule has 1 amide bonds. The molecule has 1 aliphatic rings. The number of carbonyl (C=O) groups is 2. The van der Waals surface area contributed by atoms with Crippen molar-refractivity contribution < 1.29 is 14.3 Å². The van der Waals surface area contributed by atoms with E-state index in [1.54, 1.807) is 0 Å². The van der Waals surface area contributed by atoms with Gasteiger partial charge in [-0.15, -0.1) is 0 Å². The lowest BCUT2D eigenvalue weighted by atomic mass is 9.95. The maximum absolute atomic E-state index is 12.1.